The fourth-order valence-corrected chi connectivity index (χ4v) is 6.12. The highest BCUT2D eigenvalue weighted by atomic mass is 32.2. The number of methoxy groups -OCH3 is 1. The van der Waals surface area contributed by atoms with Crippen LogP contribution >= 0.6 is 0 Å². The Balaban J connectivity index is 1.54. The number of carbonyl (C=O) groups is 2. The van der Waals surface area contributed by atoms with Crippen LogP contribution in [-0.4, -0.2) is 57.7 Å². The number of anilines is 1. The van der Waals surface area contributed by atoms with Crippen molar-refractivity contribution in [1.29, 1.82) is 5.26 Å². The SMILES string of the molecule is COC(=O)C[C@@H]1C[C@@H](CN(c2ccc(-c3ccc(C#N)cc3)cc2)S(C)(=O)=O)N(CCCc2ccccc2)C1=O. The highest BCUT2D eigenvalue weighted by Gasteiger charge is 2.41. The van der Waals surface area contributed by atoms with Crippen LogP contribution in [0.25, 0.3) is 11.1 Å². The molecule has 1 aliphatic rings. The third-order valence-electron chi connectivity index (χ3n) is 7.26. The number of aryl methyl sites for hydroxylation is 1. The molecule has 0 saturated carbocycles. The maximum absolute atomic E-state index is 13.4. The molecule has 0 spiro atoms. The van der Waals surface area contributed by atoms with Crippen molar-refractivity contribution < 1.29 is 22.7 Å². The number of carbonyl (C=O) groups excluding carboxylic acids is 2. The molecule has 8 nitrogen and oxygen atoms in total. The van der Waals surface area contributed by atoms with Crippen molar-refractivity contribution in [2.45, 2.75) is 31.7 Å². The van der Waals surface area contributed by atoms with Crippen LogP contribution < -0.4 is 4.31 Å². The zero-order chi connectivity index (χ0) is 28.7. The summed E-state index contributed by atoms with van der Waals surface area (Å²) in [5, 5.41) is 9.04. The predicted molar refractivity (Wildman–Crippen MR) is 154 cm³/mol. The lowest BCUT2D eigenvalue weighted by Gasteiger charge is -2.31. The molecule has 0 unspecified atom stereocenters. The van der Waals surface area contributed by atoms with Gasteiger partial charge in [-0.1, -0.05) is 54.6 Å². The van der Waals surface area contributed by atoms with E-state index < -0.39 is 21.9 Å². The number of likely N-dealkylation sites (tertiary alicyclic amines) is 1. The maximum atomic E-state index is 13.4. The number of ether oxygens (including phenoxy) is 1. The first-order valence-corrected chi connectivity index (χ1v) is 15.0. The predicted octanol–water partition coefficient (Wildman–Crippen LogP) is 4.40. The van der Waals surface area contributed by atoms with E-state index in [1.54, 1.807) is 29.2 Å². The van der Waals surface area contributed by atoms with Gasteiger partial charge in [0.05, 0.1) is 55.6 Å². The molecule has 0 bridgehead atoms. The molecule has 2 atom stereocenters. The minimum Gasteiger partial charge on any atom is -0.469 e. The zero-order valence-electron chi connectivity index (χ0n) is 22.7. The summed E-state index contributed by atoms with van der Waals surface area (Å²) in [6, 6.07) is 26.0. The Labute approximate surface area is 235 Å². The number of hydrogen-bond donors (Lipinski definition) is 0. The molecular formula is C31H33N3O5S. The van der Waals surface area contributed by atoms with Crippen molar-refractivity contribution in [3.8, 4) is 17.2 Å². The van der Waals surface area contributed by atoms with Gasteiger partial charge in [0.2, 0.25) is 15.9 Å². The van der Waals surface area contributed by atoms with Crippen LogP contribution in [0.3, 0.4) is 0 Å². The van der Waals surface area contributed by atoms with Gasteiger partial charge < -0.3 is 9.64 Å². The Bertz CT molecular complexity index is 1470. The number of amides is 1. The summed E-state index contributed by atoms with van der Waals surface area (Å²) in [4.78, 5) is 27.1. The van der Waals surface area contributed by atoms with Crippen LogP contribution in [0.4, 0.5) is 5.69 Å². The average Bonchev–Trinajstić information content (AvgIpc) is 3.25. The molecule has 0 aromatic heterocycles. The number of esters is 1. The second-order valence-electron chi connectivity index (χ2n) is 10.0. The second kappa shape index (κ2) is 12.8. The lowest BCUT2D eigenvalue weighted by molar-refractivity contribution is -0.144. The topological polar surface area (TPSA) is 108 Å². The molecule has 3 aromatic rings. The Morgan fingerprint density at radius 3 is 2.23 bits per heavy atom. The summed E-state index contributed by atoms with van der Waals surface area (Å²) in [6.07, 6.45) is 3.00. The third kappa shape index (κ3) is 7.07. The fourth-order valence-electron chi connectivity index (χ4n) is 5.17. The first kappa shape index (κ1) is 28.8. The van der Waals surface area contributed by atoms with Gasteiger partial charge in [0.1, 0.15) is 0 Å². The van der Waals surface area contributed by atoms with Crippen LogP contribution in [0, 0.1) is 17.2 Å². The summed E-state index contributed by atoms with van der Waals surface area (Å²) < 4.78 is 32.0. The number of nitrogens with zero attached hydrogens (tertiary/aromatic N) is 3. The summed E-state index contributed by atoms with van der Waals surface area (Å²) >= 11 is 0. The minimum atomic E-state index is -3.67. The molecule has 1 saturated heterocycles. The average molecular weight is 560 g/mol. The zero-order valence-corrected chi connectivity index (χ0v) is 23.5. The van der Waals surface area contributed by atoms with E-state index in [2.05, 4.69) is 6.07 Å². The summed E-state index contributed by atoms with van der Waals surface area (Å²) in [7, 11) is -2.38. The first-order chi connectivity index (χ1) is 19.2. The number of benzene rings is 3. The van der Waals surface area contributed by atoms with Gasteiger partial charge in [-0.3, -0.25) is 13.9 Å². The Hall–Kier alpha value is -4.16. The summed E-state index contributed by atoms with van der Waals surface area (Å²) in [5.74, 6) is -1.15. The minimum absolute atomic E-state index is 0.0286. The molecule has 0 N–H and O–H groups in total. The molecule has 208 valence electrons. The summed E-state index contributed by atoms with van der Waals surface area (Å²) in [6.45, 7) is 0.551. The maximum Gasteiger partial charge on any atom is 0.306 e. The van der Waals surface area contributed by atoms with E-state index in [9.17, 15) is 18.0 Å². The monoisotopic (exact) mass is 559 g/mol. The van der Waals surface area contributed by atoms with E-state index >= 15 is 0 Å². The molecule has 1 heterocycles. The van der Waals surface area contributed by atoms with Crippen molar-refractivity contribution in [2.75, 3.05) is 30.8 Å². The molecule has 1 amide bonds. The van der Waals surface area contributed by atoms with Gasteiger partial charge in [-0.05, 0) is 60.2 Å². The van der Waals surface area contributed by atoms with Crippen molar-refractivity contribution in [3.05, 3.63) is 90.0 Å². The van der Waals surface area contributed by atoms with Gasteiger partial charge >= 0.3 is 5.97 Å². The molecule has 1 fully saturated rings. The molecule has 0 aliphatic carbocycles. The van der Waals surface area contributed by atoms with E-state index in [0.29, 0.717) is 24.2 Å². The van der Waals surface area contributed by atoms with Crippen LogP contribution in [0.1, 0.15) is 30.4 Å². The van der Waals surface area contributed by atoms with E-state index in [-0.39, 0.29) is 24.9 Å². The van der Waals surface area contributed by atoms with Gasteiger partial charge in [0.25, 0.3) is 0 Å². The van der Waals surface area contributed by atoms with Crippen molar-refractivity contribution in [2.24, 2.45) is 5.92 Å². The van der Waals surface area contributed by atoms with Crippen molar-refractivity contribution >= 4 is 27.6 Å². The van der Waals surface area contributed by atoms with Crippen molar-refractivity contribution in [1.82, 2.24) is 4.90 Å². The molecule has 40 heavy (non-hydrogen) atoms. The van der Waals surface area contributed by atoms with Gasteiger partial charge in [0.15, 0.2) is 0 Å². The quantitative estimate of drug-likeness (QED) is 0.322. The highest BCUT2D eigenvalue weighted by molar-refractivity contribution is 7.92. The van der Waals surface area contributed by atoms with Crippen LogP contribution in [0.5, 0.6) is 0 Å². The molecule has 9 heteroatoms. The van der Waals surface area contributed by atoms with Crippen molar-refractivity contribution in [3.63, 3.8) is 0 Å². The Morgan fingerprint density at radius 2 is 1.65 bits per heavy atom. The van der Waals surface area contributed by atoms with Crippen LogP contribution in [-0.2, 0) is 30.8 Å². The largest absolute Gasteiger partial charge is 0.469 e. The third-order valence-corrected chi connectivity index (χ3v) is 8.42. The summed E-state index contributed by atoms with van der Waals surface area (Å²) in [5.41, 5.74) is 4.02. The molecule has 4 rings (SSSR count). The Kier molecular flexibility index (Phi) is 9.22. The number of nitriles is 1. The van der Waals surface area contributed by atoms with Crippen LogP contribution in [0.15, 0.2) is 78.9 Å². The van der Waals surface area contributed by atoms with Gasteiger partial charge in [0, 0.05) is 6.54 Å². The van der Waals surface area contributed by atoms with Gasteiger partial charge in [-0.15, -0.1) is 0 Å². The van der Waals surface area contributed by atoms with E-state index in [1.807, 2.05) is 54.6 Å². The normalized spacial score (nSPS) is 16.9. The lowest BCUT2D eigenvalue weighted by Crippen LogP contribution is -2.44. The second-order valence-corrected chi connectivity index (χ2v) is 11.9. The van der Waals surface area contributed by atoms with E-state index in [4.69, 9.17) is 10.00 Å². The molecule has 3 aromatic carbocycles. The van der Waals surface area contributed by atoms with Gasteiger partial charge in [-0.25, -0.2) is 8.42 Å². The Morgan fingerprint density at radius 1 is 1.02 bits per heavy atom. The standard InChI is InChI=1S/C31H33N3O5S/c1-39-30(35)20-27-19-29(33(31(27)36)18-6-9-23-7-4-3-5-8-23)22-34(40(2,37)38)28-16-14-26(15-17-28)25-12-10-24(21-32)11-13-25/h3-5,7-8,10-17,27,29H,6,9,18-20,22H2,1-2H3/t27-,29-/m0/s1. The number of sulfonamides is 1. The first-order valence-electron chi connectivity index (χ1n) is 13.2. The van der Waals surface area contributed by atoms with Crippen LogP contribution in [0.2, 0.25) is 0 Å². The number of rotatable bonds is 11. The lowest BCUT2D eigenvalue weighted by atomic mass is 10.0. The number of hydrogen-bond acceptors (Lipinski definition) is 6. The highest BCUT2D eigenvalue weighted by Crippen LogP contribution is 2.31. The smallest absolute Gasteiger partial charge is 0.306 e. The van der Waals surface area contributed by atoms with E-state index in [0.717, 1.165) is 35.8 Å². The van der Waals surface area contributed by atoms with E-state index in [1.165, 1.54) is 11.4 Å². The van der Waals surface area contributed by atoms with Gasteiger partial charge in [-0.2, -0.15) is 5.26 Å². The fraction of sp³-hybridized carbons (Fsp3) is 0.323. The molecular weight excluding hydrogens is 526 g/mol. The molecule has 1 aliphatic heterocycles. The molecule has 0 radical (unpaired) electrons.